The summed E-state index contributed by atoms with van der Waals surface area (Å²) < 4.78 is 0. The van der Waals surface area contributed by atoms with Gasteiger partial charge in [-0.2, -0.15) is 0 Å². The quantitative estimate of drug-likeness (QED) is 0.631. The first-order chi connectivity index (χ1) is 5.86. The number of carbonyl (C=O) groups is 1. The Bertz CT molecular complexity index is 284. The van der Waals surface area contributed by atoms with Crippen molar-refractivity contribution in [1.29, 1.82) is 0 Å². The molecule has 3 heteroatoms. The molecule has 3 nitrogen and oxygen atoms in total. The number of pyridine rings is 1. The molecule has 1 fully saturated rings. The van der Waals surface area contributed by atoms with Gasteiger partial charge < -0.3 is 5.32 Å². The number of carbonyl (C=O) groups excluding carboxylic acids is 1. The van der Waals surface area contributed by atoms with E-state index in [-0.39, 0.29) is 11.9 Å². The van der Waals surface area contributed by atoms with E-state index in [4.69, 9.17) is 0 Å². The van der Waals surface area contributed by atoms with Crippen LogP contribution in [0.4, 0.5) is 0 Å². The molecule has 1 aliphatic rings. The Morgan fingerprint density at radius 2 is 2.50 bits per heavy atom. The second-order valence-corrected chi connectivity index (χ2v) is 2.95. The van der Waals surface area contributed by atoms with Crippen LogP contribution < -0.4 is 5.32 Å². The predicted molar refractivity (Wildman–Crippen MR) is 44.4 cm³/mol. The fourth-order valence-corrected chi connectivity index (χ4v) is 1.45. The monoisotopic (exact) mass is 165 g/mol. The highest BCUT2D eigenvalue weighted by atomic mass is 16.2. The fourth-order valence-electron chi connectivity index (χ4n) is 1.45. The maximum Gasteiger partial charge on any atom is 0.220 e. The number of hydrogen-bond donors (Lipinski definition) is 1. The molecule has 1 saturated heterocycles. The Morgan fingerprint density at radius 3 is 3.08 bits per heavy atom. The first kappa shape index (κ1) is 7.28. The largest absolute Gasteiger partial charge is 0.349 e. The Labute approximate surface area is 70.8 Å². The van der Waals surface area contributed by atoms with Gasteiger partial charge in [0.05, 0.1) is 6.04 Å². The van der Waals surface area contributed by atoms with Gasteiger partial charge in [-0.15, -0.1) is 0 Å². The van der Waals surface area contributed by atoms with E-state index in [1.54, 1.807) is 12.4 Å². The molecular formula is C9H10N2O. The van der Waals surface area contributed by atoms with E-state index in [9.17, 15) is 4.79 Å². The van der Waals surface area contributed by atoms with Gasteiger partial charge in [0.1, 0.15) is 0 Å². The van der Waals surface area contributed by atoms with Crippen molar-refractivity contribution in [2.24, 2.45) is 0 Å². The lowest BCUT2D eigenvalue weighted by atomic mass is 10.2. The minimum absolute atomic E-state index is 0.142. The summed E-state index contributed by atoms with van der Waals surface area (Å²) in [6.45, 7) is 0. The van der Waals surface area contributed by atoms with Crippen molar-refractivity contribution < 1.29 is 4.79 Å². The van der Waals surface area contributed by atoms with Gasteiger partial charge in [-0.3, -0.25) is 9.78 Å². The third-order valence-electron chi connectivity index (χ3n) is 2.08. The zero-order chi connectivity index (χ0) is 8.39. The Morgan fingerprint density at radius 1 is 1.58 bits per heavy atom. The molecule has 1 aromatic rings. The van der Waals surface area contributed by atoms with Crippen LogP contribution in [0, 0.1) is 0 Å². The summed E-state index contributed by atoms with van der Waals surface area (Å²) in [5.41, 5.74) is 1.10. The van der Waals surface area contributed by atoms with Crippen LogP contribution in [-0.2, 0) is 4.79 Å². The molecule has 1 atom stereocenters. The molecule has 1 aromatic heterocycles. The Hall–Kier alpha value is -1.38. The van der Waals surface area contributed by atoms with Crippen molar-refractivity contribution in [2.75, 3.05) is 0 Å². The van der Waals surface area contributed by atoms with Gasteiger partial charge in [0, 0.05) is 18.8 Å². The molecule has 2 rings (SSSR count). The maximum atomic E-state index is 10.9. The smallest absolute Gasteiger partial charge is 0.220 e. The van der Waals surface area contributed by atoms with Crippen LogP contribution in [0.3, 0.4) is 0 Å². The summed E-state index contributed by atoms with van der Waals surface area (Å²) in [5.74, 6) is 0.142. The number of rotatable bonds is 1. The van der Waals surface area contributed by atoms with E-state index < -0.39 is 0 Å². The maximum absolute atomic E-state index is 10.9. The summed E-state index contributed by atoms with van der Waals surface area (Å²) in [5, 5.41) is 2.89. The van der Waals surface area contributed by atoms with Gasteiger partial charge in [-0.25, -0.2) is 0 Å². The van der Waals surface area contributed by atoms with Crippen molar-refractivity contribution in [3.8, 4) is 0 Å². The first-order valence-corrected chi connectivity index (χ1v) is 4.05. The summed E-state index contributed by atoms with van der Waals surface area (Å²) in [4.78, 5) is 14.9. The van der Waals surface area contributed by atoms with E-state index in [2.05, 4.69) is 10.3 Å². The van der Waals surface area contributed by atoms with Crippen LogP contribution in [0.15, 0.2) is 24.5 Å². The van der Waals surface area contributed by atoms with Crippen LogP contribution in [-0.4, -0.2) is 10.9 Å². The molecule has 0 spiro atoms. The molecule has 0 bridgehead atoms. The SMILES string of the molecule is O=[13C]1[13CH2][13CH2]C(c2cccnc2)N1. The van der Waals surface area contributed by atoms with E-state index in [1.807, 2.05) is 12.1 Å². The molecule has 1 aliphatic heterocycles. The van der Waals surface area contributed by atoms with Gasteiger partial charge in [0.2, 0.25) is 5.91 Å². The van der Waals surface area contributed by atoms with Gasteiger partial charge in [-0.05, 0) is 18.1 Å². The molecule has 1 N–H and O–H groups in total. The number of nitrogens with zero attached hydrogens (tertiary/aromatic N) is 1. The van der Waals surface area contributed by atoms with E-state index in [0.29, 0.717) is 6.42 Å². The number of amides is 1. The van der Waals surface area contributed by atoms with Crippen molar-refractivity contribution in [1.82, 2.24) is 10.3 Å². The topological polar surface area (TPSA) is 42.0 Å². The first-order valence-electron chi connectivity index (χ1n) is 4.05. The van der Waals surface area contributed by atoms with Crippen molar-refractivity contribution in [3.63, 3.8) is 0 Å². The normalized spacial score (nSPS) is 22.3. The third kappa shape index (κ3) is 1.30. The minimum atomic E-state index is 0.142. The number of hydrogen-bond acceptors (Lipinski definition) is 2. The predicted octanol–water partition coefficient (Wildman–Crippen LogP) is 1.03. The van der Waals surface area contributed by atoms with Crippen molar-refractivity contribution >= 4 is 5.91 Å². The molecule has 1 unspecified atom stereocenters. The Kier molecular flexibility index (Phi) is 1.78. The second kappa shape index (κ2) is 2.93. The third-order valence-corrected chi connectivity index (χ3v) is 2.08. The number of nitrogens with one attached hydrogen (secondary N) is 1. The van der Waals surface area contributed by atoms with Crippen LogP contribution in [0.1, 0.15) is 24.4 Å². The average molecular weight is 165 g/mol. The molecule has 12 heavy (non-hydrogen) atoms. The molecule has 0 aliphatic carbocycles. The van der Waals surface area contributed by atoms with Crippen LogP contribution >= 0.6 is 0 Å². The summed E-state index contributed by atoms with van der Waals surface area (Å²) in [7, 11) is 0. The summed E-state index contributed by atoms with van der Waals surface area (Å²) >= 11 is 0. The average Bonchev–Trinajstić information content (AvgIpc) is 2.54. The van der Waals surface area contributed by atoms with Crippen LogP contribution in [0.2, 0.25) is 0 Å². The lowest BCUT2D eigenvalue weighted by Crippen LogP contribution is -2.18. The lowest BCUT2D eigenvalue weighted by molar-refractivity contribution is -0.119. The second-order valence-electron chi connectivity index (χ2n) is 2.95. The number of aromatic nitrogens is 1. The summed E-state index contributed by atoms with van der Waals surface area (Å²) in [6, 6.07) is 4.06. The van der Waals surface area contributed by atoms with Crippen LogP contribution in [0.5, 0.6) is 0 Å². The van der Waals surface area contributed by atoms with E-state index in [0.717, 1.165) is 12.0 Å². The molecule has 1 amide bonds. The fraction of sp³-hybridized carbons (Fsp3) is 0.333. The standard InChI is InChI=1S/C9H10N2O/c12-9-4-3-8(11-9)7-2-1-5-10-6-7/h1-2,5-6,8H,3-4H2,(H,11,12)/i3+1,4+1,9+1. The molecule has 0 radical (unpaired) electrons. The van der Waals surface area contributed by atoms with Gasteiger partial charge >= 0.3 is 0 Å². The van der Waals surface area contributed by atoms with E-state index >= 15 is 0 Å². The van der Waals surface area contributed by atoms with Gasteiger partial charge in [-0.1, -0.05) is 6.07 Å². The molecule has 0 saturated carbocycles. The minimum Gasteiger partial charge on any atom is -0.349 e. The lowest BCUT2D eigenvalue weighted by Gasteiger charge is -2.08. The molecule has 62 valence electrons. The molecule has 2 heterocycles. The zero-order valence-electron chi connectivity index (χ0n) is 6.66. The highest BCUT2D eigenvalue weighted by Crippen LogP contribution is 2.22. The van der Waals surface area contributed by atoms with Crippen LogP contribution in [0.25, 0.3) is 0 Å². The van der Waals surface area contributed by atoms with E-state index in [1.165, 1.54) is 0 Å². The molecule has 0 aromatic carbocycles. The highest BCUT2D eigenvalue weighted by Gasteiger charge is 2.21. The van der Waals surface area contributed by atoms with Gasteiger partial charge in [0.25, 0.3) is 0 Å². The molecular weight excluding hydrogens is 155 g/mol. The van der Waals surface area contributed by atoms with Crippen molar-refractivity contribution in [3.05, 3.63) is 30.1 Å². The van der Waals surface area contributed by atoms with Crippen molar-refractivity contribution in [2.45, 2.75) is 18.9 Å². The Balaban J connectivity index is 2.16. The zero-order valence-corrected chi connectivity index (χ0v) is 6.66. The van der Waals surface area contributed by atoms with Gasteiger partial charge in [0.15, 0.2) is 0 Å². The highest BCUT2D eigenvalue weighted by molar-refractivity contribution is 5.78. The summed E-state index contributed by atoms with van der Waals surface area (Å²) in [6.07, 6.45) is 5.07.